The van der Waals surface area contributed by atoms with Crippen molar-refractivity contribution in [3.63, 3.8) is 0 Å². The summed E-state index contributed by atoms with van der Waals surface area (Å²) in [6, 6.07) is 8.31. The highest BCUT2D eigenvalue weighted by Gasteiger charge is 2.14. The Labute approximate surface area is 150 Å². The molecule has 0 aliphatic heterocycles. The predicted octanol–water partition coefficient (Wildman–Crippen LogP) is 3.32. The number of nitrogens with one attached hydrogen (secondary N) is 2. The van der Waals surface area contributed by atoms with Gasteiger partial charge in [-0.05, 0) is 49.9 Å². The number of hydrogen-bond acceptors (Lipinski definition) is 3. The van der Waals surface area contributed by atoms with Gasteiger partial charge in [-0.25, -0.2) is 0 Å². The number of amides is 1. The smallest absolute Gasteiger partial charge is 0.251 e. The fourth-order valence-electron chi connectivity index (χ4n) is 2.56. The maximum Gasteiger partial charge on any atom is 0.251 e. The van der Waals surface area contributed by atoms with E-state index in [1.807, 2.05) is 42.1 Å². The van der Waals surface area contributed by atoms with E-state index in [9.17, 15) is 4.79 Å². The molecule has 2 aromatic rings. The lowest BCUT2D eigenvalue weighted by molar-refractivity contribution is 0.0949. The second-order valence-corrected chi connectivity index (χ2v) is 7.21. The molecule has 0 aliphatic carbocycles. The maximum absolute atomic E-state index is 12.2. The van der Waals surface area contributed by atoms with Crippen LogP contribution >= 0.6 is 0 Å². The highest BCUT2D eigenvalue weighted by Crippen LogP contribution is 2.12. The second-order valence-electron chi connectivity index (χ2n) is 7.21. The van der Waals surface area contributed by atoms with E-state index in [1.54, 1.807) is 0 Å². The van der Waals surface area contributed by atoms with Crippen molar-refractivity contribution in [2.45, 2.75) is 53.2 Å². The first kappa shape index (κ1) is 19.2. The average Bonchev–Trinajstić information content (AvgIpc) is 3.03. The number of benzene rings is 1. The van der Waals surface area contributed by atoms with Crippen LogP contribution in [0, 0.1) is 12.8 Å². The summed E-state index contributed by atoms with van der Waals surface area (Å²) >= 11 is 0. The molecular formula is C20H30N4O. The molecular weight excluding hydrogens is 312 g/mol. The normalized spacial score (nSPS) is 13.7. The Kier molecular flexibility index (Phi) is 6.76. The molecule has 136 valence electrons. The van der Waals surface area contributed by atoms with Gasteiger partial charge in [-0.2, -0.15) is 5.10 Å². The van der Waals surface area contributed by atoms with E-state index in [1.165, 1.54) is 5.56 Å². The third kappa shape index (κ3) is 5.71. The molecule has 0 spiro atoms. The maximum atomic E-state index is 12.2. The first-order valence-electron chi connectivity index (χ1n) is 8.98. The third-order valence-corrected chi connectivity index (χ3v) is 4.36. The number of rotatable bonds is 8. The lowest BCUT2D eigenvalue weighted by Crippen LogP contribution is -2.33. The Morgan fingerprint density at radius 3 is 2.64 bits per heavy atom. The van der Waals surface area contributed by atoms with Crippen LogP contribution in [-0.2, 0) is 6.54 Å². The Morgan fingerprint density at radius 2 is 2.00 bits per heavy atom. The van der Waals surface area contributed by atoms with Gasteiger partial charge in [0.15, 0.2) is 0 Å². The minimum Gasteiger partial charge on any atom is -0.352 e. The van der Waals surface area contributed by atoms with Crippen molar-refractivity contribution < 1.29 is 4.79 Å². The summed E-state index contributed by atoms with van der Waals surface area (Å²) in [6.07, 6.45) is 3.94. The number of carbonyl (C=O) groups excluding carboxylic acids is 1. The number of hydrogen-bond donors (Lipinski definition) is 2. The zero-order valence-electron chi connectivity index (χ0n) is 15.9. The summed E-state index contributed by atoms with van der Waals surface area (Å²) in [4.78, 5) is 12.2. The van der Waals surface area contributed by atoms with E-state index in [2.05, 4.69) is 49.6 Å². The highest BCUT2D eigenvalue weighted by atomic mass is 16.1. The molecule has 2 N–H and O–H groups in total. The minimum atomic E-state index is -0.0102. The lowest BCUT2D eigenvalue weighted by Gasteiger charge is -2.22. The van der Waals surface area contributed by atoms with Crippen molar-refractivity contribution in [2.24, 2.45) is 5.92 Å². The molecule has 2 rings (SSSR count). The standard InChI is InChI=1S/C20H30N4O/c1-14(2)10-22-20(25)19-8-6-7-18(9-19)12-21-16(4)17(5)24-13-15(3)11-23-24/h6-9,11,13-14,16-17,21H,10,12H2,1-5H3,(H,22,25)/t16-,17-/m1/s1. The molecule has 0 bridgehead atoms. The van der Waals surface area contributed by atoms with Gasteiger partial charge < -0.3 is 10.6 Å². The van der Waals surface area contributed by atoms with E-state index in [0.29, 0.717) is 18.0 Å². The first-order valence-corrected chi connectivity index (χ1v) is 8.98. The molecule has 0 saturated carbocycles. The van der Waals surface area contributed by atoms with Gasteiger partial charge in [-0.15, -0.1) is 0 Å². The molecule has 25 heavy (non-hydrogen) atoms. The van der Waals surface area contributed by atoms with Crippen LogP contribution in [0.5, 0.6) is 0 Å². The van der Waals surface area contributed by atoms with Gasteiger partial charge in [0.1, 0.15) is 0 Å². The van der Waals surface area contributed by atoms with E-state index < -0.39 is 0 Å². The quantitative estimate of drug-likeness (QED) is 0.774. The van der Waals surface area contributed by atoms with Crippen LogP contribution in [0.4, 0.5) is 0 Å². The molecule has 1 heterocycles. The van der Waals surface area contributed by atoms with Gasteiger partial charge in [0.05, 0.1) is 12.2 Å². The first-order chi connectivity index (χ1) is 11.9. The van der Waals surface area contributed by atoms with Gasteiger partial charge in [0, 0.05) is 30.9 Å². The monoisotopic (exact) mass is 342 g/mol. The summed E-state index contributed by atoms with van der Waals surface area (Å²) in [5.74, 6) is 0.436. The fraction of sp³-hybridized carbons (Fsp3) is 0.500. The van der Waals surface area contributed by atoms with Crippen LogP contribution in [0.25, 0.3) is 0 Å². The molecule has 0 fully saturated rings. The summed E-state index contributed by atoms with van der Waals surface area (Å²) in [7, 11) is 0. The van der Waals surface area contributed by atoms with Crippen molar-refractivity contribution in [2.75, 3.05) is 6.54 Å². The Balaban J connectivity index is 1.92. The summed E-state index contributed by atoms with van der Waals surface area (Å²) in [5.41, 5.74) is 2.98. The number of nitrogens with zero attached hydrogens (tertiary/aromatic N) is 2. The SMILES string of the molecule is Cc1cnn([C@H](C)[C@@H](C)NCc2cccc(C(=O)NCC(C)C)c2)c1. The van der Waals surface area contributed by atoms with Gasteiger partial charge in [0.25, 0.3) is 5.91 Å². The van der Waals surface area contributed by atoms with Crippen molar-refractivity contribution in [1.29, 1.82) is 0 Å². The Morgan fingerprint density at radius 1 is 1.24 bits per heavy atom. The van der Waals surface area contributed by atoms with Crippen LogP contribution < -0.4 is 10.6 Å². The predicted molar refractivity (Wildman–Crippen MR) is 102 cm³/mol. The largest absolute Gasteiger partial charge is 0.352 e. The second kappa shape index (κ2) is 8.81. The fourth-order valence-corrected chi connectivity index (χ4v) is 2.56. The Hall–Kier alpha value is -2.14. The van der Waals surface area contributed by atoms with Gasteiger partial charge >= 0.3 is 0 Å². The average molecular weight is 342 g/mol. The van der Waals surface area contributed by atoms with E-state index in [4.69, 9.17) is 0 Å². The highest BCUT2D eigenvalue weighted by molar-refractivity contribution is 5.94. The van der Waals surface area contributed by atoms with Gasteiger partial charge in [-0.3, -0.25) is 9.48 Å². The third-order valence-electron chi connectivity index (χ3n) is 4.36. The zero-order chi connectivity index (χ0) is 18.4. The molecule has 0 radical (unpaired) electrons. The van der Waals surface area contributed by atoms with Crippen molar-refractivity contribution in [3.05, 3.63) is 53.3 Å². The van der Waals surface area contributed by atoms with Crippen LogP contribution in [0.3, 0.4) is 0 Å². The molecule has 1 aromatic carbocycles. The Bertz CT molecular complexity index is 693. The molecule has 1 aromatic heterocycles. The van der Waals surface area contributed by atoms with Crippen molar-refractivity contribution in [3.8, 4) is 0 Å². The van der Waals surface area contributed by atoms with Crippen LogP contribution in [0.1, 0.15) is 55.2 Å². The van der Waals surface area contributed by atoms with Gasteiger partial charge in [-0.1, -0.05) is 26.0 Å². The topological polar surface area (TPSA) is 59.0 Å². The van der Waals surface area contributed by atoms with Crippen LogP contribution in [-0.4, -0.2) is 28.3 Å². The molecule has 0 saturated heterocycles. The molecule has 5 heteroatoms. The summed E-state index contributed by atoms with van der Waals surface area (Å²) in [5, 5.41) is 10.9. The minimum absolute atomic E-state index is 0.0102. The zero-order valence-corrected chi connectivity index (χ0v) is 15.9. The molecule has 2 atom stereocenters. The number of aromatic nitrogens is 2. The van der Waals surface area contributed by atoms with E-state index >= 15 is 0 Å². The number of carbonyl (C=O) groups is 1. The molecule has 0 unspecified atom stereocenters. The van der Waals surface area contributed by atoms with Crippen LogP contribution in [0.2, 0.25) is 0 Å². The van der Waals surface area contributed by atoms with E-state index in [-0.39, 0.29) is 18.0 Å². The van der Waals surface area contributed by atoms with Crippen LogP contribution in [0.15, 0.2) is 36.7 Å². The number of aryl methyl sites for hydroxylation is 1. The van der Waals surface area contributed by atoms with Crippen molar-refractivity contribution in [1.82, 2.24) is 20.4 Å². The molecule has 0 aliphatic rings. The van der Waals surface area contributed by atoms with Crippen molar-refractivity contribution >= 4 is 5.91 Å². The molecule has 5 nitrogen and oxygen atoms in total. The van der Waals surface area contributed by atoms with E-state index in [0.717, 1.165) is 12.1 Å². The lowest BCUT2D eigenvalue weighted by atomic mass is 10.1. The molecule has 1 amide bonds. The summed E-state index contributed by atoms with van der Waals surface area (Å²) in [6.45, 7) is 11.9. The summed E-state index contributed by atoms with van der Waals surface area (Å²) < 4.78 is 1.99. The van der Waals surface area contributed by atoms with Gasteiger partial charge in [0.2, 0.25) is 0 Å².